The van der Waals surface area contributed by atoms with Crippen LogP contribution in [0.2, 0.25) is 0 Å². The lowest BCUT2D eigenvalue weighted by molar-refractivity contribution is 0.0914. The largest absolute Gasteiger partial charge is 0.443 e. The van der Waals surface area contributed by atoms with Crippen molar-refractivity contribution in [3.8, 4) is 0 Å². The molecule has 0 aromatic carbocycles. The highest BCUT2D eigenvalue weighted by molar-refractivity contribution is 9.10. The van der Waals surface area contributed by atoms with Gasteiger partial charge in [0, 0.05) is 12.1 Å². The lowest BCUT2D eigenvalue weighted by Gasteiger charge is -2.04. The van der Waals surface area contributed by atoms with E-state index >= 15 is 0 Å². The van der Waals surface area contributed by atoms with Crippen LogP contribution in [0.5, 0.6) is 0 Å². The summed E-state index contributed by atoms with van der Waals surface area (Å²) >= 11 is 2.88. The van der Waals surface area contributed by atoms with Crippen molar-refractivity contribution in [3.05, 3.63) is 16.5 Å². The lowest BCUT2D eigenvalue weighted by atomic mass is 10.3. The van der Waals surface area contributed by atoms with Gasteiger partial charge in [-0.3, -0.25) is 4.79 Å². The number of primary sulfonamides is 1. The Hall–Kier alpha value is -0.860. The van der Waals surface area contributed by atoms with Crippen LogP contribution in [0.25, 0.3) is 0 Å². The molecule has 90 valence electrons. The second-order valence-corrected chi connectivity index (χ2v) is 5.67. The minimum atomic E-state index is -3.90. The number of nitrogens with one attached hydrogen (secondary N) is 1. The Kier molecular flexibility index (Phi) is 3.76. The summed E-state index contributed by atoms with van der Waals surface area (Å²) in [6.07, 6.45) is 0. The molecular formula is C8H11BrN2O4S. The summed E-state index contributed by atoms with van der Waals surface area (Å²) in [5, 5.41) is 7.48. The zero-order chi connectivity index (χ0) is 12.5. The van der Waals surface area contributed by atoms with Gasteiger partial charge in [-0.2, -0.15) is 0 Å². The molecule has 0 aliphatic rings. The van der Waals surface area contributed by atoms with Crippen LogP contribution in [0.4, 0.5) is 0 Å². The highest BCUT2D eigenvalue weighted by Gasteiger charge is 2.22. The third kappa shape index (κ3) is 3.06. The van der Waals surface area contributed by atoms with Gasteiger partial charge >= 0.3 is 0 Å². The average molecular weight is 311 g/mol. The maximum Gasteiger partial charge on any atom is 0.287 e. The van der Waals surface area contributed by atoms with Gasteiger partial charge in [0.25, 0.3) is 5.91 Å². The molecule has 1 heterocycles. The number of hydrogen-bond donors (Lipinski definition) is 2. The van der Waals surface area contributed by atoms with E-state index in [1.165, 1.54) is 0 Å². The molecule has 3 N–H and O–H groups in total. The van der Waals surface area contributed by atoms with Gasteiger partial charge in [-0.25, -0.2) is 13.6 Å². The molecule has 0 saturated carbocycles. The first-order valence-electron chi connectivity index (χ1n) is 4.35. The molecule has 16 heavy (non-hydrogen) atoms. The maximum atomic E-state index is 11.5. The topological polar surface area (TPSA) is 102 Å². The second-order valence-electron chi connectivity index (χ2n) is 3.42. The predicted octanol–water partition coefficient (Wildman–Crippen LogP) is 0.828. The van der Waals surface area contributed by atoms with E-state index in [1.807, 2.05) is 0 Å². The van der Waals surface area contributed by atoms with Crippen molar-refractivity contribution in [2.24, 2.45) is 5.14 Å². The van der Waals surface area contributed by atoms with Crippen molar-refractivity contribution in [2.75, 3.05) is 0 Å². The Morgan fingerprint density at radius 3 is 2.50 bits per heavy atom. The summed E-state index contributed by atoms with van der Waals surface area (Å²) in [6, 6.07) is 1.01. The number of rotatable bonds is 3. The number of halogens is 1. The van der Waals surface area contributed by atoms with Crippen LogP contribution >= 0.6 is 15.9 Å². The van der Waals surface area contributed by atoms with Crippen LogP contribution in [0, 0.1) is 0 Å². The summed E-state index contributed by atoms with van der Waals surface area (Å²) < 4.78 is 27.0. The number of nitrogens with two attached hydrogens (primary N) is 1. The number of carbonyl (C=O) groups is 1. The van der Waals surface area contributed by atoms with E-state index in [1.54, 1.807) is 13.8 Å². The van der Waals surface area contributed by atoms with Crippen LogP contribution in [-0.2, 0) is 10.0 Å². The number of hydrogen-bond acceptors (Lipinski definition) is 4. The van der Waals surface area contributed by atoms with E-state index in [-0.39, 0.29) is 21.4 Å². The van der Waals surface area contributed by atoms with E-state index in [9.17, 15) is 13.2 Å². The smallest absolute Gasteiger partial charge is 0.287 e. The van der Waals surface area contributed by atoms with E-state index in [2.05, 4.69) is 21.2 Å². The number of carbonyl (C=O) groups excluding carboxylic acids is 1. The first-order valence-corrected chi connectivity index (χ1v) is 6.68. The van der Waals surface area contributed by atoms with Crippen LogP contribution < -0.4 is 10.5 Å². The Morgan fingerprint density at radius 2 is 2.12 bits per heavy atom. The van der Waals surface area contributed by atoms with Gasteiger partial charge in [-0.15, -0.1) is 0 Å². The van der Waals surface area contributed by atoms with Crippen molar-refractivity contribution in [3.63, 3.8) is 0 Å². The molecule has 0 radical (unpaired) electrons. The summed E-state index contributed by atoms with van der Waals surface area (Å²) in [5.41, 5.74) is 0. The third-order valence-electron chi connectivity index (χ3n) is 1.61. The zero-order valence-corrected chi connectivity index (χ0v) is 11.1. The molecule has 0 fully saturated rings. The van der Waals surface area contributed by atoms with Gasteiger partial charge in [0.1, 0.15) is 4.90 Å². The van der Waals surface area contributed by atoms with Crippen molar-refractivity contribution in [1.82, 2.24) is 5.32 Å². The van der Waals surface area contributed by atoms with Crippen molar-refractivity contribution in [2.45, 2.75) is 24.8 Å². The molecule has 1 aromatic rings. The Balaban J connectivity index is 3.07. The van der Waals surface area contributed by atoms with Gasteiger partial charge in [-0.1, -0.05) is 0 Å². The summed E-state index contributed by atoms with van der Waals surface area (Å²) in [6.45, 7) is 3.55. The number of sulfonamides is 1. The molecule has 0 unspecified atom stereocenters. The maximum absolute atomic E-state index is 11.5. The van der Waals surface area contributed by atoms with Gasteiger partial charge < -0.3 is 9.73 Å². The van der Waals surface area contributed by atoms with Crippen LogP contribution in [0.3, 0.4) is 0 Å². The summed E-state index contributed by atoms with van der Waals surface area (Å²) in [4.78, 5) is 11.2. The number of furan rings is 1. The molecule has 0 saturated heterocycles. The lowest BCUT2D eigenvalue weighted by Crippen LogP contribution is -2.29. The molecule has 1 rings (SSSR count). The van der Waals surface area contributed by atoms with E-state index in [4.69, 9.17) is 9.56 Å². The SMILES string of the molecule is CC(C)NC(=O)c1cc(S(N)(=O)=O)c(Br)o1. The molecule has 1 amide bonds. The highest BCUT2D eigenvalue weighted by Crippen LogP contribution is 2.24. The first kappa shape index (κ1) is 13.2. The first-order chi connectivity index (χ1) is 7.21. The van der Waals surface area contributed by atoms with E-state index in [0.717, 1.165) is 6.07 Å². The van der Waals surface area contributed by atoms with Gasteiger partial charge in [0.2, 0.25) is 10.0 Å². The van der Waals surface area contributed by atoms with E-state index in [0.29, 0.717) is 0 Å². The summed E-state index contributed by atoms with van der Waals surface area (Å²) in [7, 11) is -3.90. The quantitative estimate of drug-likeness (QED) is 0.863. The van der Waals surface area contributed by atoms with Crippen molar-refractivity contribution < 1.29 is 17.6 Å². The molecule has 0 atom stereocenters. The fourth-order valence-corrected chi connectivity index (χ4v) is 2.49. The van der Waals surface area contributed by atoms with Gasteiger partial charge in [-0.05, 0) is 29.8 Å². The third-order valence-corrected chi connectivity index (χ3v) is 3.37. The van der Waals surface area contributed by atoms with Crippen LogP contribution in [0.15, 0.2) is 20.0 Å². The molecule has 0 spiro atoms. The average Bonchev–Trinajstić information content (AvgIpc) is 2.44. The monoisotopic (exact) mass is 310 g/mol. The minimum Gasteiger partial charge on any atom is -0.443 e. The predicted molar refractivity (Wildman–Crippen MR) is 60.4 cm³/mol. The Morgan fingerprint density at radius 1 is 1.56 bits per heavy atom. The molecule has 0 bridgehead atoms. The number of amides is 1. The minimum absolute atomic E-state index is 0.0747. The van der Waals surface area contributed by atoms with E-state index < -0.39 is 15.9 Å². The second kappa shape index (κ2) is 4.56. The van der Waals surface area contributed by atoms with Gasteiger partial charge in [0.15, 0.2) is 10.4 Å². The van der Waals surface area contributed by atoms with Gasteiger partial charge in [0.05, 0.1) is 0 Å². The van der Waals surface area contributed by atoms with Crippen LogP contribution in [-0.4, -0.2) is 20.4 Å². The standard InChI is InChI=1S/C8H11BrN2O4S/c1-4(2)11-8(12)5-3-6(7(9)15-5)16(10,13)14/h3-4H,1-2H3,(H,11,12)(H2,10,13,14). The molecule has 1 aromatic heterocycles. The highest BCUT2D eigenvalue weighted by atomic mass is 79.9. The molecule has 8 heteroatoms. The van der Waals surface area contributed by atoms with Crippen molar-refractivity contribution in [1.29, 1.82) is 0 Å². The van der Waals surface area contributed by atoms with Crippen LogP contribution in [0.1, 0.15) is 24.4 Å². The molecule has 6 nitrogen and oxygen atoms in total. The fourth-order valence-electron chi connectivity index (χ4n) is 0.991. The van der Waals surface area contributed by atoms with Crippen molar-refractivity contribution >= 4 is 31.9 Å². The molecule has 0 aliphatic heterocycles. The Labute approximate surface area is 101 Å². The normalized spacial score (nSPS) is 11.8. The fraction of sp³-hybridized carbons (Fsp3) is 0.375. The molecular weight excluding hydrogens is 300 g/mol. The molecule has 0 aliphatic carbocycles. The zero-order valence-electron chi connectivity index (χ0n) is 8.65. The Bertz CT molecular complexity index is 506. The summed E-state index contributed by atoms with van der Waals surface area (Å²) in [5.74, 6) is -0.602.